The van der Waals surface area contributed by atoms with Crippen LogP contribution < -0.4 is 5.32 Å². The van der Waals surface area contributed by atoms with Gasteiger partial charge in [-0.3, -0.25) is 4.79 Å². The number of nitrogens with one attached hydrogen (secondary N) is 1. The van der Waals surface area contributed by atoms with Gasteiger partial charge >= 0.3 is 0 Å². The van der Waals surface area contributed by atoms with Crippen molar-refractivity contribution in [1.82, 2.24) is 5.32 Å². The number of hydrogen-bond acceptors (Lipinski definition) is 2. The van der Waals surface area contributed by atoms with Crippen molar-refractivity contribution in [2.24, 2.45) is 5.92 Å². The van der Waals surface area contributed by atoms with Crippen molar-refractivity contribution >= 4 is 17.7 Å². The van der Waals surface area contributed by atoms with Crippen LogP contribution in [0.3, 0.4) is 0 Å². The Morgan fingerprint density at radius 3 is 2.94 bits per heavy atom. The molecule has 17 heavy (non-hydrogen) atoms. The molecular formula is C14H23NOS. The van der Waals surface area contributed by atoms with Crippen molar-refractivity contribution in [2.75, 3.05) is 5.75 Å². The highest BCUT2D eigenvalue weighted by Gasteiger charge is 2.30. The van der Waals surface area contributed by atoms with Gasteiger partial charge in [-0.1, -0.05) is 25.5 Å². The number of rotatable bonds is 4. The molecule has 0 radical (unpaired) electrons. The van der Waals surface area contributed by atoms with E-state index in [0.717, 1.165) is 25.0 Å². The van der Waals surface area contributed by atoms with Crippen LogP contribution in [0, 0.1) is 5.92 Å². The van der Waals surface area contributed by atoms with E-state index < -0.39 is 0 Å². The third kappa shape index (κ3) is 3.51. The van der Waals surface area contributed by atoms with Crippen LogP contribution in [0.15, 0.2) is 12.2 Å². The van der Waals surface area contributed by atoms with E-state index in [1.807, 2.05) is 11.8 Å². The molecule has 1 N–H and O–H groups in total. The van der Waals surface area contributed by atoms with E-state index >= 15 is 0 Å². The maximum absolute atomic E-state index is 12.1. The van der Waals surface area contributed by atoms with E-state index in [1.54, 1.807) is 0 Å². The van der Waals surface area contributed by atoms with Gasteiger partial charge in [-0.2, -0.15) is 11.8 Å². The van der Waals surface area contributed by atoms with E-state index in [-0.39, 0.29) is 5.92 Å². The molecule has 0 aromatic rings. The molecule has 3 atom stereocenters. The second-order valence-electron chi connectivity index (χ2n) is 5.02. The normalized spacial score (nSPS) is 32.6. The Hall–Kier alpha value is -0.440. The summed E-state index contributed by atoms with van der Waals surface area (Å²) in [6, 6.07) is 0.429. The molecule has 0 spiro atoms. The van der Waals surface area contributed by atoms with E-state index in [4.69, 9.17) is 0 Å². The largest absolute Gasteiger partial charge is 0.352 e. The summed E-state index contributed by atoms with van der Waals surface area (Å²) in [5.41, 5.74) is 0. The van der Waals surface area contributed by atoms with Crippen LogP contribution >= 0.6 is 11.8 Å². The average Bonchev–Trinajstić information content (AvgIpc) is 2.78. The number of allylic oxidation sites excluding steroid dienone is 2. The van der Waals surface area contributed by atoms with Gasteiger partial charge in [0.1, 0.15) is 0 Å². The number of thioether (sulfide) groups is 1. The van der Waals surface area contributed by atoms with Gasteiger partial charge in [0.2, 0.25) is 5.91 Å². The van der Waals surface area contributed by atoms with Gasteiger partial charge in [0, 0.05) is 17.2 Å². The smallest absolute Gasteiger partial charge is 0.223 e. The van der Waals surface area contributed by atoms with Gasteiger partial charge in [0.05, 0.1) is 0 Å². The number of amides is 1. The summed E-state index contributed by atoms with van der Waals surface area (Å²) < 4.78 is 0. The summed E-state index contributed by atoms with van der Waals surface area (Å²) in [5.74, 6) is 1.68. The first-order valence-corrected chi connectivity index (χ1v) is 7.93. The lowest BCUT2D eigenvalue weighted by Crippen LogP contribution is -2.42. The fourth-order valence-electron chi connectivity index (χ4n) is 2.84. The zero-order valence-electron chi connectivity index (χ0n) is 10.7. The third-order valence-corrected chi connectivity index (χ3v) is 5.13. The Morgan fingerprint density at radius 2 is 2.24 bits per heavy atom. The monoisotopic (exact) mass is 253 g/mol. The van der Waals surface area contributed by atoms with Crippen molar-refractivity contribution in [2.45, 2.75) is 56.7 Å². The minimum Gasteiger partial charge on any atom is -0.352 e. The molecular weight excluding hydrogens is 230 g/mol. The van der Waals surface area contributed by atoms with Gasteiger partial charge in [-0.05, 0) is 37.9 Å². The second-order valence-corrected chi connectivity index (χ2v) is 6.54. The predicted molar refractivity (Wildman–Crippen MR) is 74.2 cm³/mol. The Kier molecular flexibility index (Phi) is 4.96. The number of carbonyl (C=O) groups excluding carboxylic acids is 1. The molecule has 0 saturated heterocycles. The van der Waals surface area contributed by atoms with E-state index in [9.17, 15) is 4.79 Å². The number of carbonyl (C=O) groups is 1. The van der Waals surface area contributed by atoms with Crippen LogP contribution in [0.25, 0.3) is 0 Å². The van der Waals surface area contributed by atoms with E-state index in [0.29, 0.717) is 17.2 Å². The van der Waals surface area contributed by atoms with Crippen molar-refractivity contribution in [3.05, 3.63) is 12.2 Å². The first-order chi connectivity index (χ1) is 8.31. The van der Waals surface area contributed by atoms with Gasteiger partial charge in [-0.25, -0.2) is 0 Å². The highest BCUT2D eigenvalue weighted by atomic mass is 32.2. The molecule has 0 aromatic heterocycles. The van der Waals surface area contributed by atoms with Crippen LogP contribution in [0.2, 0.25) is 0 Å². The average molecular weight is 253 g/mol. The zero-order chi connectivity index (χ0) is 12.1. The predicted octanol–water partition coefficient (Wildman–Crippen LogP) is 3.13. The Bertz CT molecular complexity index is 290. The quantitative estimate of drug-likeness (QED) is 0.780. The SMILES string of the molecule is CCS[C@@H]1CCC[C@H]1NC(=O)[C@H]1CC=CCC1. The highest BCUT2D eigenvalue weighted by molar-refractivity contribution is 7.99. The lowest BCUT2D eigenvalue weighted by Gasteiger charge is -2.24. The minimum atomic E-state index is 0.230. The molecule has 1 fully saturated rings. The summed E-state index contributed by atoms with van der Waals surface area (Å²) in [5, 5.41) is 3.95. The lowest BCUT2D eigenvalue weighted by molar-refractivity contribution is -0.125. The van der Waals surface area contributed by atoms with E-state index in [2.05, 4.69) is 24.4 Å². The van der Waals surface area contributed by atoms with Gasteiger partial charge < -0.3 is 5.32 Å². The molecule has 2 rings (SSSR count). The molecule has 1 saturated carbocycles. The highest BCUT2D eigenvalue weighted by Crippen LogP contribution is 2.30. The van der Waals surface area contributed by atoms with Gasteiger partial charge in [0.25, 0.3) is 0 Å². The van der Waals surface area contributed by atoms with Crippen molar-refractivity contribution < 1.29 is 4.79 Å². The molecule has 0 aliphatic heterocycles. The van der Waals surface area contributed by atoms with Crippen LogP contribution in [0.1, 0.15) is 45.4 Å². The summed E-state index contributed by atoms with van der Waals surface area (Å²) in [4.78, 5) is 12.1. The summed E-state index contributed by atoms with van der Waals surface area (Å²) in [6.07, 6.45) is 11.1. The topological polar surface area (TPSA) is 29.1 Å². The standard InChI is InChI=1S/C14H23NOS/c1-2-17-13-10-6-9-12(13)15-14(16)11-7-4-3-5-8-11/h3-4,11-13H,2,5-10H2,1H3,(H,15,16)/t11-,12+,13+/m0/s1. The van der Waals surface area contributed by atoms with E-state index in [1.165, 1.54) is 19.3 Å². The third-order valence-electron chi connectivity index (χ3n) is 3.80. The van der Waals surface area contributed by atoms with Crippen LogP contribution in [-0.4, -0.2) is 23.0 Å². The van der Waals surface area contributed by atoms with Crippen LogP contribution in [0.4, 0.5) is 0 Å². The molecule has 2 aliphatic carbocycles. The summed E-state index contributed by atoms with van der Waals surface area (Å²) in [7, 11) is 0. The first kappa shape index (κ1) is 13.0. The fraction of sp³-hybridized carbons (Fsp3) is 0.786. The van der Waals surface area contributed by atoms with Crippen LogP contribution in [-0.2, 0) is 4.79 Å². The number of hydrogen-bond donors (Lipinski definition) is 1. The molecule has 2 nitrogen and oxygen atoms in total. The molecule has 1 amide bonds. The molecule has 0 aromatic carbocycles. The summed E-state index contributed by atoms with van der Waals surface area (Å²) >= 11 is 2.01. The Balaban J connectivity index is 1.82. The maximum Gasteiger partial charge on any atom is 0.223 e. The van der Waals surface area contributed by atoms with Gasteiger partial charge in [0.15, 0.2) is 0 Å². The summed E-state index contributed by atoms with van der Waals surface area (Å²) in [6.45, 7) is 2.20. The molecule has 0 unspecified atom stereocenters. The molecule has 0 bridgehead atoms. The molecule has 2 aliphatic rings. The molecule has 3 heteroatoms. The van der Waals surface area contributed by atoms with Crippen molar-refractivity contribution in [1.29, 1.82) is 0 Å². The Labute approximate surface area is 109 Å². The molecule has 0 heterocycles. The van der Waals surface area contributed by atoms with Crippen molar-refractivity contribution in [3.63, 3.8) is 0 Å². The van der Waals surface area contributed by atoms with Crippen LogP contribution in [0.5, 0.6) is 0 Å². The lowest BCUT2D eigenvalue weighted by atomic mass is 9.93. The fourth-order valence-corrected chi connectivity index (χ4v) is 4.03. The van der Waals surface area contributed by atoms with Gasteiger partial charge in [-0.15, -0.1) is 0 Å². The zero-order valence-corrected chi connectivity index (χ0v) is 11.5. The molecule has 96 valence electrons. The second kappa shape index (κ2) is 6.48. The maximum atomic E-state index is 12.1. The first-order valence-electron chi connectivity index (χ1n) is 6.88. The van der Waals surface area contributed by atoms with Crippen molar-refractivity contribution in [3.8, 4) is 0 Å². The Morgan fingerprint density at radius 1 is 1.35 bits per heavy atom. The minimum absolute atomic E-state index is 0.230.